The molecule has 0 saturated carbocycles. The standard InChI is InChI=1S/C16H10ClF3N4S/c17-12-6-3-5-10(8-12)14-22-23-15(25)24(14)21-9-11-4-1-2-7-13(11)16(18,19)20/h1-9H,(H,23,25)/b21-9+. The molecule has 2 aromatic carbocycles. The molecule has 9 heteroatoms. The molecule has 3 aromatic rings. The molecular formula is C16H10ClF3N4S. The van der Waals surface area contributed by atoms with Crippen LogP contribution in [0.3, 0.4) is 0 Å². The number of nitrogens with one attached hydrogen (secondary N) is 1. The Balaban J connectivity index is 2.05. The van der Waals surface area contributed by atoms with E-state index in [0.29, 0.717) is 16.4 Å². The summed E-state index contributed by atoms with van der Waals surface area (Å²) >= 11 is 11.1. The molecule has 4 nitrogen and oxygen atoms in total. The van der Waals surface area contributed by atoms with Crippen LogP contribution >= 0.6 is 23.8 Å². The van der Waals surface area contributed by atoms with E-state index in [1.54, 1.807) is 24.3 Å². The number of rotatable bonds is 3. The summed E-state index contributed by atoms with van der Waals surface area (Å²) in [4.78, 5) is 0. The van der Waals surface area contributed by atoms with Gasteiger partial charge in [-0.05, 0) is 30.4 Å². The van der Waals surface area contributed by atoms with E-state index in [2.05, 4.69) is 15.3 Å². The van der Waals surface area contributed by atoms with Gasteiger partial charge in [0.05, 0.1) is 11.8 Å². The Morgan fingerprint density at radius 2 is 1.92 bits per heavy atom. The van der Waals surface area contributed by atoms with E-state index in [0.717, 1.165) is 12.3 Å². The van der Waals surface area contributed by atoms with Crippen molar-refractivity contribution >= 4 is 30.0 Å². The van der Waals surface area contributed by atoms with Gasteiger partial charge in [0.2, 0.25) is 4.77 Å². The van der Waals surface area contributed by atoms with Gasteiger partial charge in [0, 0.05) is 16.1 Å². The molecule has 0 amide bonds. The van der Waals surface area contributed by atoms with Crippen LogP contribution < -0.4 is 0 Å². The molecule has 25 heavy (non-hydrogen) atoms. The predicted molar refractivity (Wildman–Crippen MR) is 92.3 cm³/mol. The fourth-order valence-corrected chi connectivity index (χ4v) is 2.57. The Kier molecular flexibility index (Phi) is 4.73. The van der Waals surface area contributed by atoms with Gasteiger partial charge in [-0.15, -0.1) is 0 Å². The molecule has 0 aliphatic carbocycles. The summed E-state index contributed by atoms with van der Waals surface area (Å²) in [6.07, 6.45) is -3.38. The Bertz CT molecular complexity index is 991. The second-order valence-electron chi connectivity index (χ2n) is 5.00. The SMILES string of the molecule is FC(F)(F)c1ccccc1/C=N/n1c(-c2cccc(Cl)c2)n[nH]c1=S. The van der Waals surface area contributed by atoms with E-state index < -0.39 is 11.7 Å². The molecule has 3 rings (SSSR count). The van der Waals surface area contributed by atoms with Crippen molar-refractivity contribution in [2.75, 3.05) is 0 Å². The first-order chi connectivity index (χ1) is 11.9. The van der Waals surface area contributed by atoms with E-state index in [4.69, 9.17) is 23.8 Å². The Hall–Kier alpha value is -2.45. The van der Waals surface area contributed by atoms with Crippen LogP contribution in [0, 0.1) is 4.77 Å². The number of nitrogens with zero attached hydrogens (tertiary/aromatic N) is 3. The van der Waals surface area contributed by atoms with Gasteiger partial charge in [-0.3, -0.25) is 0 Å². The molecule has 1 aromatic heterocycles. The van der Waals surface area contributed by atoms with Crippen molar-refractivity contribution in [3.8, 4) is 11.4 Å². The Morgan fingerprint density at radius 1 is 1.16 bits per heavy atom. The van der Waals surface area contributed by atoms with E-state index >= 15 is 0 Å². The van der Waals surface area contributed by atoms with Crippen molar-refractivity contribution in [2.24, 2.45) is 5.10 Å². The minimum absolute atomic E-state index is 0.0739. The number of aromatic nitrogens is 3. The maximum Gasteiger partial charge on any atom is 0.417 e. The largest absolute Gasteiger partial charge is 0.417 e. The van der Waals surface area contributed by atoms with Gasteiger partial charge >= 0.3 is 6.18 Å². The van der Waals surface area contributed by atoms with Crippen LogP contribution in [-0.4, -0.2) is 21.1 Å². The zero-order chi connectivity index (χ0) is 18.0. The molecule has 0 radical (unpaired) electrons. The number of hydrogen-bond acceptors (Lipinski definition) is 3. The number of halogens is 4. The Morgan fingerprint density at radius 3 is 2.64 bits per heavy atom. The first-order valence-corrected chi connectivity index (χ1v) is 7.79. The highest BCUT2D eigenvalue weighted by Gasteiger charge is 2.32. The van der Waals surface area contributed by atoms with Crippen LogP contribution in [0.2, 0.25) is 5.02 Å². The fraction of sp³-hybridized carbons (Fsp3) is 0.0625. The normalized spacial score (nSPS) is 12.0. The van der Waals surface area contributed by atoms with Gasteiger partial charge in [0.15, 0.2) is 5.82 Å². The van der Waals surface area contributed by atoms with Crippen LogP contribution in [0.15, 0.2) is 53.6 Å². The summed E-state index contributed by atoms with van der Waals surface area (Å²) in [7, 11) is 0. The van der Waals surface area contributed by atoms with Gasteiger partial charge in [-0.25, -0.2) is 5.10 Å². The second kappa shape index (κ2) is 6.81. The van der Waals surface area contributed by atoms with Crippen molar-refractivity contribution in [1.29, 1.82) is 0 Å². The number of H-pyrrole nitrogens is 1. The molecule has 0 fully saturated rings. The van der Waals surface area contributed by atoms with Crippen LogP contribution in [0.25, 0.3) is 11.4 Å². The third kappa shape index (κ3) is 3.80. The van der Waals surface area contributed by atoms with Crippen molar-refractivity contribution in [3.63, 3.8) is 0 Å². The molecule has 0 aliphatic heterocycles. The van der Waals surface area contributed by atoms with Gasteiger partial charge in [0.25, 0.3) is 0 Å². The number of hydrogen-bond donors (Lipinski definition) is 1. The van der Waals surface area contributed by atoms with E-state index in [1.165, 1.54) is 22.9 Å². The van der Waals surface area contributed by atoms with E-state index in [9.17, 15) is 13.2 Å². The van der Waals surface area contributed by atoms with Gasteiger partial charge in [0.1, 0.15) is 0 Å². The number of alkyl halides is 3. The van der Waals surface area contributed by atoms with Crippen molar-refractivity contribution in [3.05, 3.63) is 69.5 Å². The van der Waals surface area contributed by atoms with Crippen LogP contribution in [0.4, 0.5) is 13.2 Å². The smallest absolute Gasteiger partial charge is 0.250 e. The summed E-state index contributed by atoms with van der Waals surface area (Å²) in [5.74, 6) is 0.341. The van der Waals surface area contributed by atoms with Crippen LogP contribution in [0.1, 0.15) is 11.1 Å². The van der Waals surface area contributed by atoms with Gasteiger partial charge < -0.3 is 0 Å². The van der Waals surface area contributed by atoms with Crippen LogP contribution in [-0.2, 0) is 6.18 Å². The minimum Gasteiger partial charge on any atom is -0.250 e. The van der Waals surface area contributed by atoms with Crippen molar-refractivity contribution in [2.45, 2.75) is 6.18 Å². The van der Waals surface area contributed by atoms with E-state index in [-0.39, 0.29) is 10.3 Å². The average Bonchev–Trinajstić information content (AvgIpc) is 2.93. The molecular weight excluding hydrogens is 373 g/mol. The molecule has 0 atom stereocenters. The van der Waals surface area contributed by atoms with Crippen molar-refractivity contribution < 1.29 is 13.2 Å². The average molecular weight is 383 g/mol. The second-order valence-corrected chi connectivity index (χ2v) is 5.83. The lowest BCUT2D eigenvalue weighted by Crippen LogP contribution is -2.09. The maximum absolute atomic E-state index is 13.1. The lowest BCUT2D eigenvalue weighted by atomic mass is 10.1. The molecule has 0 spiro atoms. The molecule has 0 bridgehead atoms. The minimum atomic E-state index is -4.48. The molecule has 0 saturated heterocycles. The summed E-state index contributed by atoms with van der Waals surface area (Å²) in [6.45, 7) is 0. The third-order valence-corrected chi connectivity index (χ3v) is 3.81. The first-order valence-electron chi connectivity index (χ1n) is 7.00. The highest BCUT2D eigenvalue weighted by atomic mass is 35.5. The Labute approximate surface area is 150 Å². The number of aromatic amines is 1. The lowest BCUT2D eigenvalue weighted by molar-refractivity contribution is -0.137. The van der Waals surface area contributed by atoms with E-state index in [1.807, 2.05) is 0 Å². The topological polar surface area (TPSA) is 46.0 Å². The zero-order valence-electron chi connectivity index (χ0n) is 12.5. The first kappa shape index (κ1) is 17.4. The number of benzene rings is 2. The van der Waals surface area contributed by atoms with Crippen molar-refractivity contribution in [1.82, 2.24) is 14.9 Å². The van der Waals surface area contributed by atoms with Crippen LogP contribution in [0.5, 0.6) is 0 Å². The highest BCUT2D eigenvalue weighted by Crippen LogP contribution is 2.31. The molecule has 128 valence electrons. The lowest BCUT2D eigenvalue weighted by Gasteiger charge is -2.09. The predicted octanol–water partition coefficient (Wildman–Crippen LogP) is 5.16. The van der Waals surface area contributed by atoms with Gasteiger partial charge in [-0.2, -0.15) is 28.0 Å². The summed E-state index contributed by atoms with van der Waals surface area (Å²) in [6, 6.07) is 12.0. The zero-order valence-corrected chi connectivity index (χ0v) is 14.0. The quantitative estimate of drug-likeness (QED) is 0.502. The molecule has 1 heterocycles. The molecule has 0 aliphatic rings. The molecule has 0 unspecified atom stereocenters. The summed E-state index contributed by atoms with van der Waals surface area (Å²) in [5, 5.41) is 11.2. The summed E-state index contributed by atoms with van der Waals surface area (Å²) < 4.78 is 40.6. The summed E-state index contributed by atoms with van der Waals surface area (Å²) in [5.41, 5.74) is -0.227. The monoisotopic (exact) mass is 382 g/mol. The molecule has 1 N–H and O–H groups in total. The highest BCUT2D eigenvalue weighted by molar-refractivity contribution is 7.71. The third-order valence-electron chi connectivity index (χ3n) is 3.31. The maximum atomic E-state index is 13.1. The van der Waals surface area contributed by atoms with Gasteiger partial charge in [-0.1, -0.05) is 41.9 Å². The fourth-order valence-electron chi connectivity index (χ4n) is 2.20.